The highest BCUT2D eigenvalue weighted by Crippen LogP contribution is 2.39. The Morgan fingerprint density at radius 3 is 2.42 bits per heavy atom. The largest absolute Gasteiger partial charge is 0.434 e. The van der Waals surface area contributed by atoms with Gasteiger partial charge in [-0.3, -0.25) is 0 Å². The summed E-state index contributed by atoms with van der Waals surface area (Å²) in [6, 6.07) is 10.2. The smallest absolute Gasteiger partial charge is 0.387 e. The summed E-state index contributed by atoms with van der Waals surface area (Å²) in [7, 11) is 0. The highest BCUT2D eigenvalue weighted by atomic mass is 19.3. The lowest BCUT2D eigenvalue weighted by Gasteiger charge is -2.28. The number of hydrogen-bond acceptors (Lipinski definition) is 1. The van der Waals surface area contributed by atoms with Crippen molar-refractivity contribution < 1.29 is 13.5 Å². The molecule has 2 aromatic rings. The highest BCUT2D eigenvalue weighted by molar-refractivity contribution is 5.90. The Hall–Kier alpha value is -1.64. The van der Waals surface area contributed by atoms with Gasteiger partial charge in [0.05, 0.1) is 0 Å². The van der Waals surface area contributed by atoms with Crippen LogP contribution >= 0.6 is 0 Å². The van der Waals surface area contributed by atoms with Gasteiger partial charge in [0.25, 0.3) is 0 Å². The van der Waals surface area contributed by atoms with Crippen LogP contribution in [0, 0.1) is 5.92 Å². The van der Waals surface area contributed by atoms with E-state index in [-0.39, 0.29) is 0 Å². The molecule has 3 rings (SSSR count). The lowest BCUT2D eigenvalue weighted by molar-refractivity contribution is -0.0493. The monoisotopic (exact) mass is 332 g/mol. The molecule has 0 saturated heterocycles. The number of aryl methyl sites for hydroxylation is 1. The Labute approximate surface area is 143 Å². The molecule has 1 aliphatic rings. The second-order valence-corrected chi connectivity index (χ2v) is 6.89. The molecular weight excluding hydrogens is 306 g/mol. The summed E-state index contributed by atoms with van der Waals surface area (Å²) in [6.45, 7) is 1.45. The Balaban J connectivity index is 1.91. The van der Waals surface area contributed by atoms with Gasteiger partial charge in [-0.15, -0.1) is 0 Å². The molecule has 24 heavy (non-hydrogen) atoms. The van der Waals surface area contributed by atoms with E-state index in [0.29, 0.717) is 18.1 Å². The standard InChI is InChI=1S/C21H26F2O/c1-3-14-5-7-16(8-6-14)17-11-12-19-18(13-17)10-9-15(4-2)20(19)24-21(22)23/h9-14,16,21H,3-8H2,1-2H3. The maximum atomic E-state index is 12.8. The molecule has 0 aromatic heterocycles. The first-order valence-corrected chi connectivity index (χ1v) is 9.12. The summed E-state index contributed by atoms with van der Waals surface area (Å²) in [4.78, 5) is 0. The maximum Gasteiger partial charge on any atom is 0.387 e. The predicted molar refractivity (Wildman–Crippen MR) is 94.9 cm³/mol. The minimum absolute atomic E-state index is 0.339. The Morgan fingerprint density at radius 2 is 1.79 bits per heavy atom. The summed E-state index contributed by atoms with van der Waals surface area (Å²) >= 11 is 0. The van der Waals surface area contributed by atoms with E-state index in [1.165, 1.54) is 37.7 Å². The highest BCUT2D eigenvalue weighted by Gasteiger charge is 2.22. The molecule has 130 valence electrons. The molecule has 0 unspecified atom stereocenters. The van der Waals surface area contributed by atoms with Gasteiger partial charge in [-0.25, -0.2) is 0 Å². The van der Waals surface area contributed by atoms with Crippen LogP contribution in [0.15, 0.2) is 30.3 Å². The molecule has 1 nitrogen and oxygen atoms in total. The van der Waals surface area contributed by atoms with Gasteiger partial charge in [-0.05, 0) is 60.5 Å². The average molecular weight is 332 g/mol. The van der Waals surface area contributed by atoms with Crippen LogP contribution < -0.4 is 4.74 Å². The average Bonchev–Trinajstić information content (AvgIpc) is 2.61. The fourth-order valence-corrected chi connectivity index (χ4v) is 4.03. The van der Waals surface area contributed by atoms with Crippen LogP contribution in [-0.2, 0) is 6.42 Å². The second kappa shape index (κ2) is 7.50. The molecule has 0 heterocycles. The van der Waals surface area contributed by atoms with Crippen molar-refractivity contribution in [2.45, 2.75) is 64.9 Å². The number of alkyl halides is 2. The molecule has 1 saturated carbocycles. The number of halogens is 2. The molecular formula is C21H26F2O. The van der Waals surface area contributed by atoms with Gasteiger partial charge in [0.15, 0.2) is 0 Å². The van der Waals surface area contributed by atoms with Crippen LogP contribution in [0.25, 0.3) is 10.8 Å². The third-order valence-electron chi connectivity index (χ3n) is 5.56. The van der Waals surface area contributed by atoms with Crippen molar-refractivity contribution in [2.75, 3.05) is 0 Å². The van der Waals surface area contributed by atoms with E-state index >= 15 is 0 Å². The fourth-order valence-electron chi connectivity index (χ4n) is 4.03. The molecule has 0 amide bonds. The van der Waals surface area contributed by atoms with Crippen molar-refractivity contribution in [3.05, 3.63) is 41.5 Å². The maximum absolute atomic E-state index is 12.8. The minimum Gasteiger partial charge on any atom is -0.434 e. The summed E-state index contributed by atoms with van der Waals surface area (Å²) in [5.74, 6) is 1.81. The van der Waals surface area contributed by atoms with Crippen LogP contribution in [-0.4, -0.2) is 6.61 Å². The Morgan fingerprint density at radius 1 is 1.04 bits per heavy atom. The number of rotatable bonds is 5. The van der Waals surface area contributed by atoms with E-state index < -0.39 is 6.61 Å². The van der Waals surface area contributed by atoms with Gasteiger partial charge in [0.1, 0.15) is 5.75 Å². The lowest BCUT2D eigenvalue weighted by Crippen LogP contribution is -2.12. The van der Waals surface area contributed by atoms with Gasteiger partial charge < -0.3 is 4.74 Å². The summed E-state index contributed by atoms with van der Waals surface area (Å²) in [5.41, 5.74) is 2.17. The van der Waals surface area contributed by atoms with Crippen LogP contribution in [0.5, 0.6) is 5.75 Å². The van der Waals surface area contributed by atoms with E-state index in [2.05, 4.69) is 19.1 Å². The molecule has 0 spiro atoms. The number of ether oxygens (including phenoxy) is 1. The van der Waals surface area contributed by atoms with Crippen molar-refractivity contribution in [1.82, 2.24) is 0 Å². The van der Waals surface area contributed by atoms with Crippen molar-refractivity contribution in [3.63, 3.8) is 0 Å². The van der Waals surface area contributed by atoms with E-state index in [1.54, 1.807) is 0 Å². The van der Waals surface area contributed by atoms with E-state index in [9.17, 15) is 8.78 Å². The number of benzene rings is 2. The Bertz CT molecular complexity index is 688. The molecule has 0 bridgehead atoms. The summed E-state index contributed by atoms with van der Waals surface area (Å²) in [6.07, 6.45) is 7.02. The van der Waals surface area contributed by atoms with Crippen molar-refractivity contribution in [1.29, 1.82) is 0 Å². The second-order valence-electron chi connectivity index (χ2n) is 6.89. The first-order valence-electron chi connectivity index (χ1n) is 9.12. The van der Waals surface area contributed by atoms with E-state index in [1.807, 2.05) is 25.1 Å². The Kier molecular flexibility index (Phi) is 5.37. The normalized spacial score (nSPS) is 21.4. The van der Waals surface area contributed by atoms with Gasteiger partial charge in [0.2, 0.25) is 0 Å². The zero-order chi connectivity index (χ0) is 17.1. The van der Waals surface area contributed by atoms with Gasteiger partial charge in [0, 0.05) is 5.39 Å². The topological polar surface area (TPSA) is 9.23 Å². The van der Waals surface area contributed by atoms with Crippen LogP contribution in [0.2, 0.25) is 0 Å². The third-order valence-corrected chi connectivity index (χ3v) is 5.56. The first-order chi connectivity index (χ1) is 11.6. The number of fused-ring (bicyclic) bond motifs is 1. The third kappa shape index (κ3) is 3.55. The van der Waals surface area contributed by atoms with Crippen molar-refractivity contribution >= 4 is 10.8 Å². The zero-order valence-corrected chi connectivity index (χ0v) is 14.5. The van der Waals surface area contributed by atoms with E-state index in [0.717, 1.165) is 22.3 Å². The quantitative estimate of drug-likeness (QED) is 0.593. The molecule has 0 radical (unpaired) electrons. The van der Waals surface area contributed by atoms with Crippen molar-refractivity contribution in [2.24, 2.45) is 5.92 Å². The summed E-state index contributed by atoms with van der Waals surface area (Å²) < 4.78 is 30.4. The fraction of sp³-hybridized carbons (Fsp3) is 0.524. The van der Waals surface area contributed by atoms with Crippen LogP contribution in [0.4, 0.5) is 8.78 Å². The van der Waals surface area contributed by atoms with Gasteiger partial charge in [-0.1, -0.05) is 50.6 Å². The molecule has 0 N–H and O–H groups in total. The lowest BCUT2D eigenvalue weighted by atomic mass is 9.77. The minimum atomic E-state index is -2.79. The van der Waals surface area contributed by atoms with E-state index in [4.69, 9.17) is 4.74 Å². The molecule has 2 aromatic carbocycles. The van der Waals surface area contributed by atoms with Crippen molar-refractivity contribution in [3.8, 4) is 5.75 Å². The zero-order valence-electron chi connectivity index (χ0n) is 14.5. The molecule has 1 aliphatic carbocycles. The van der Waals surface area contributed by atoms with Crippen LogP contribution in [0.1, 0.15) is 63.0 Å². The predicted octanol–water partition coefficient (Wildman–Crippen LogP) is 6.69. The SMILES string of the molecule is CCc1ccc2cc(C3CCC(CC)CC3)ccc2c1OC(F)F. The van der Waals surface area contributed by atoms with Crippen LogP contribution in [0.3, 0.4) is 0 Å². The van der Waals surface area contributed by atoms with Gasteiger partial charge in [-0.2, -0.15) is 8.78 Å². The molecule has 3 heteroatoms. The molecule has 0 aliphatic heterocycles. The van der Waals surface area contributed by atoms with Gasteiger partial charge >= 0.3 is 6.61 Å². The summed E-state index contributed by atoms with van der Waals surface area (Å²) in [5, 5.41) is 1.79. The first kappa shape index (κ1) is 17.2. The number of hydrogen-bond donors (Lipinski definition) is 0. The molecule has 0 atom stereocenters. The molecule has 1 fully saturated rings.